The third kappa shape index (κ3) is 3.99. The summed E-state index contributed by atoms with van der Waals surface area (Å²) >= 11 is 0. The SMILES string of the molecule is COc1ccc(CCC2(c3ccccc3)CC2C(=O)Nc2ccccn2)nc1OC. The van der Waals surface area contributed by atoms with Gasteiger partial charge in [0, 0.05) is 23.2 Å². The minimum Gasteiger partial charge on any atom is -0.491 e. The minimum absolute atomic E-state index is 0.0119. The van der Waals surface area contributed by atoms with Gasteiger partial charge >= 0.3 is 0 Å². The number of pyridine rings is 2. The summed E-state index contributed by atoms with van der Waals surface area (Å²) in [5.41, 5.74) is 1.90. The number of amides is 1. The average molecular weight is 403 g/mol. The fourth-order valence-corrected chi connectivity index (χ4v) is 4.07. The second-order valence-electron chi connectivity index (χ2n) is 7.50. The molecule has 1 aliphatic rings. The normalized spacial score (nSPS) is 19.7. The van der Waals surface area contributed by atoms with E-state index < -0.39 is 0 Å². The van der Waals surface area contributed by atoms with Gasteiger partial charge in [0.05, 0.1) is 14.2 Å². The zero-order valence-electron chi connectivity index (χ0n) is 17.2. The molecule has 0 bridgehead atoms. The van der Waals surface area contributed by atoms with Crippen LogP contribution in [0.5, 0.6) is 11.6 Å². The molecule has 0 aliphatic heterocycles. The van der Waals surface area contributed by atoms with Crippen LogP contribution in [-0.2, 0) is 16.6 Å². The van der Waals surface area contributed by atoms with Gasteiger partial charge in [-0.1, -0.05) is 36.4 Å². The number of methoxy groups -OCH3 is 2. The Labute approximate surface area is 176 Å². The van der Waals surface area contributed by atoms with E-state index >= 15 is 0 Å². The predicted molar refractivity (Wildman–Crippen MR) is 115 cm³/mol. The summed E-state index contributed by atoms with van der Waals surface area (Å²) in [6.45, 7) is 0. The molecular formula is C24H25N3O3. The van der Waals surface area contributed by atoms with Gasteiger partial charge in [-0.05, 0) is 49.1 Å². The molecule has 2 heterocycles. The van der Waals surface area contributed by atoms with E-state index in [4.69, 9.17) is 9.47 Å². The first kappa shape index (κ1) is 19.9. The zero-order chi connectivity index (χ0) is 21.0. The Kier molecular flexibility index (Phi) is 5.65. The molecule has 1 amide bonds. The van der Waals surface area contributed by atoms with E-state index in [1.54, 1.807) is 26.5 Å². The maximum Gasteiger partial charge on any atom is 0.256 e. The highest BCUT2D eigenvalue weighted by molar-refractivity contribution is 5.95. The number of ether oxygens (including phenoxy) is 2. The first-order valence-electron chi connectivity index (χ1n) is 10.0. The molecule has 1 aromatic carbocycles. The molecule has 2 aromatic heterocycles. The molecule has 2 unspecified atom stereocenters. The highest BCUT2D eigenvalue weighted by Crippen LogP contribution is 2.57. The molecule has 1 aliphatic carbocycles. The predicted octanol–water partition coefficient (Wildman–Crippen LogP) is 4.02. The van der Waals surface area contributed by atoms with Crippen LogP contribution in [0.15, 0.2) is 66.9 Å². The molecule has 30 heavy (non-hydrogen) atoms. The summed E-state index contributed by atoms with van der Waals surface area (Å²) < 4.78 is 10.6. The van der Waals surface area contributed by atoms with Crippen molar-refractivity contribution in [3.05, 3.63) is 78.1 Å². The summed E-state index contributed by atoms with van der Waals surface area (Å²) in [7, 11) is 3.18. The molecule has 1 fully saturated rings. The topological polar surface area (TPSA) is 73.3 Å². The Bertz CT molecular complexity index is 1010. The average Bonchev–Trinajstić information content (AvgIpc) is 3.55. The zero-order valence-corrected chi connectivity index (χ0v) is 17.2. The molecule has 1 saturated carbocycles. The maximum absolute atomic E-state index is 13.0. The van der Waals surface area contributed by atoms with Crippen molar-refractivity contribution in [1.29, 1.82) is 0 Å². The Balaban J connectivity index is 1.53. The number of carbonyl (C=O) groups is 1. The molecule has 154 valence electrons. The smallest absolute Gasteiger partial charge is 0.256 e. The van der Waals surface area contributed by atoms with Crippen LogP contribution in [0.4, 0.5) is 5.82 Å². The largest absolute Gasteiger partial charge is 0.491 e. The van der Waals surface area contributed by atoms with E-state index in [1.807, 2.05) is 42.5 Å². The first-order chi connectivity index (χ1) is 14.7. The van der Waals surface area contributed by atoms with Gasteiger partial charge in [0.2, 0.25) is 5.91 Å². The van der Waals surface area contributed by atoms with Crippen LogP contribution in [0.2, 0.25) is 0 Å². The molecule has 2 atom stereocenters. The third-order valence-electron chi connectivity index (χ3n) is 5.78. The Morgan fingerprint density at radius 1 is 1.07 bits per heavy atom. The number of carbonyl (C=O) groups excluding carboxylic acids is 1. The number of aromatic nitrogens is 2. The van der Waals surface area contributed by atoms with Crippen molar-refractivity contribution >= 4 is 11.7 Å². The number of anilines is 1. The van der Waals surface area contributed by atoms with E-state index in [-0.39, 0.29) is 17.2 Å². The lowest BCUT2D eigenvalue weighted by Crippen LogP contribution is -2.22. The fraction of sp³-hybridized carbons (Fsp3) is 0.292. The van der Waals surface area contributed by atoms with Crippen molar-refractivity contribution in [2.45, 2.75) is 24.7 Å². The summed E-state index contributed by atoms with van der Waals surface area (Å²) in [5.74, 6) is 1.58. The lowest BCUT2D eigenvalue weighted by Gasteiger charge is -2.18. The fourth-order valence-electron chi connectivity index (χ4n) is 4.07. The molecule has 3 aromatic rings. The van der Waals surface area contributed by atoms with Gasteiger partial charge in [-0.25, -0.2) is 9.97 Å². The monoisotopic (exact) mass is 403 g/mol. The molecule has 4 rings (SSSR count). The molecule has 6 heteroatoms. The standard InChI is InChI=1S/C24H25N3O3/c1-29-20-12-11-18(26-23(20)30-2)13-14-24(17-8-4-3-5-9-17)16-19(24)22(28)27-21-10-6-7-15-25-21/h3-12,15,19H,13-14,16H2,1-2H3,(H,25,27,28). The summed E-state index contributed by atoms with van der Waals surface area (Å²) in [4.78, 5) is 21.7. The third-order valence-corrected chi connectivity index (χ3v) is 5.78. The van der Waals surface area contributed by atoms with Crippen molar-refractivity contribution in [3.63, 3.8) is 0 Å². The molecular weight excluding hydrogens is 378 g/mol. The molecule has 1 N–H and O–H groups in total. The Morgan fingerprint density at radius 3 is 2.57 bits per heavy atom. The van der Waals surface area contributed by atoms with Gasteiger partial charge < -0.3 is 14.8 Å². The Morgan fingerprint density at radius 2 is 1.87 bits per heavy atom. The first-order valence-corrected chi connectivity index (χ1v) is 10.0. The number of aryl methyl sites for hydroxylation is 1. The van der Waals surface area contributed by atoms with Crippen LogP contribution >= 0.6 is 0 Å². The number of benzene rings is 1. The second kappa shape index (κ2) is 8.53. The van der Waals surface area contributed by atoms with E-state index in [9.17, 15) is 4.79 Å². The molecule has 0 spiro atoms. The number of hydrogen-bond acceptors (Lipinski definition) is 5. The van der Waals surface area contributed by atoms with Crippen molar-refractivity contribution in [3.8, 4) is 11.6 Å². The number of rotatable bonds is 8. The number of nitrogens with one attached hydrogen (secondary N) is 1. The molecule has 0 saturated heterocycles. The van der Waals surface area contributed by atoms with Gasteiger partial charge in [0.25, 0.3) is 5.88 Å². The van der Waals surface area contributed by atoms with Crippen molar-refractivity contribution < 1.29 is 14.3 Å². The van der Waals surface area contributed by atoms with Crippen LogP contribution in [-0.4, -0.2) is 30.1 Å². The van der Waals surface area contributed by atoms with Gasteiger partial charge in [0.15, 0.2) is 5.75 Å². The van der Waals surface area contributed by atoms with Crippen molar-refractivity contribution in [1.82, 2.24) is 9.97 Å². The number of hydrogen-bond donors (Lipinski definition) is 1. The van der Waals surface area contributed by atoms with Crippen molar-refractivity contribution in [2.75, 3.05) is 19.5 Å². The van der Waals surface area contributed by atoms with Crippen LogP contribution in [0.3, 0.4) is 0 Å². The van der Waals surface area contributed by atoms with E-state index in [2.05, 4.69) is 27.4 Å². The molecule has 6 nitrogen and oxygen atoms in total. The van der Waals surface area contributed by atoms with Crippen LogP contribution < -0.4 is 14.8 Å². The van der Waals surface area contributed by atoms with E-state index in [1.165, 1.54) is 5.56 Å². The van der Waals surface area contributed by atoms with Crippen LogP contribution in [0.1, 0.15) is 24.1 Å². The highest BCUT2D eigenvalue weighted by atomic mass is 16.5. The summed E-state index contributed by atoms with van der Waals surface area (Å²) in [5, 5.41) is 2.96. The number of nitrogens with zero attached hydrogens (tertiary/aromatic N) is 2. The van der Waals surface area contributed by atoms with Crippen LogP contribution in [0.25, 0.3) is 0 Å². The highest BCUT2D eigenvalue weighted by Gasteiger charge is 2.58. The van der Waals surface area contributed by atoms with Gasteiger partial charge in [-0.15, -0.1) is 0 Å². The van der Waals surface area contributed by atoms with Gasteiger partial charge in [-0.2, -0.15) is 0 Å². The lowest BCUT2D eigenvalue weighted by molar-refractivity contribution is -0.117. The molecule has 0 radical (unpaired) electrons. The second-order valence-corrected chi connectivity index (χ2v) is 7.50. The summed E-state index contributed by atoms with van der Waals surface area (Å²) in [6.07, 6.45) is 4.04. The van der Waals surface area contributed by atoms with E-state index in [0.29, 0.717) is 17.4 Å². The maximum atomic E-state index is 13.0. The van der Waals surface area contributed by atoms with E-state index in [0.717, 1.165) is 25.0 Å². The minimum atomic E-state index is -0.199. The van der Waals surface area contributed by atoms with Crippen molar-refractivity contribution in [2.24, 2.45) is 5.92 Å². The van der Waals surface area contributed by atoms with Gasteiger partial charge in [-0.3, -0.25) is 4.79 Å². The lowest BCUT2D eigenvalue weighted by atomic mass is 9.87. The quantitative estimate of drug-likeness (QED) is 0.615. The van der Waals surface area contributed by atoms with Crippen LogP contribution in [0, 0.1) is 5.92 Å². The Hall–Kier alpha value is -3.41. The summed E-state index contributed by atoms with van der Waals surface area (Å²) in [6, 6.07) is 19.6. The van der Waals surface area contributed by atoms with Gasteiger partial charge in [0.1, 0.15) is 5.82 Å².